The smallest absolute Gasteiger partial charge is 0.338 e. The average molecular weight is 451 g/mol. The first-order valence-electron chi connectivity index (χ1n) is 8.54. The minimum atomic E-state index is -0.401. The van der Waals surface area contributed by atoms with E-state index in [-0.39, 0.29) is 11.7 Å². The van der Waals surface area contributed by atoms with Crippen LogP contribution in [0.4, 0.5) is 5.69 Å². The Bertz CT molecular complexity index is 1020. The number of amides is 1. The second-order valence-corrected chi connectivity index (χ2v) is 7.51. The number of aromatic amines is 1. The zero-order chi connectivity index (χ0) is 20.8. The summed E-state index contributed by atoms with van der Waals surface area (Å²) in [6.07, 6.45) is 0. The van der Waals surface area contributed by atoms with Gasteiger partial charge in [0.15, 0.2) is 5.82 Å². The van der Waals surface area contributed by atoms with Crippen molar-refractivity contribution in [1.82, 2.24) is 15.2 Å². The topological polar surface area (TPSA) is 97.0 Å². The number of anilines is 1. The van der Waals surface area contributed by atoms with E-state index in [9.17, 15) is 9.59 Å². The monoisotopic (exact) mass is 450 g/mol. The molecule has 0 radical (unpaired) electrons. The van der Waals surface area contributed by atoms with Gasteiger partial charge in [0.05, 0.1) is 22.9 Å². The third kappa shape index (κ3) is 5.72. The fourth-order valence-corrected chi connectivity index (χ4v) is 3.44. The van der Waals surface area contributed by atoms with Gasteiger partial charge in [0.2, 0.25) is 11.1 Å². The molecule has 0 aliphatic rings. The molecule has 2 N–H and O–H groups in total. The van der Waals surface area contributed by atoms with Crippen LogP contribution in [0.5, 0.6) is 0 Å². The minimum Gasteiger partial charge on any atom is -0.462 e. The van der Waals surface area contributed by atoms with E-state index in [1.165, 1.54) is 11.8 Å². The molecule has 2 aromatic carbocycles. The lowest BCUT2D eigenvalue weighted by Crippen LogP contribution is -2.14. The van der Waals surface area contributed by atoms with E-state index >= 15 is 0 Å². The highest BCUT2D eigenvalue weighted by Gasteiger charge is 2.12. The Balaban J connectivity index is 1.55. The Morgan fingerprint density at radius 2 is 1.93 bits per heavy atom. The van der Waals surface area contributed by atoms with E-state index in [1.807, 2.05) is 0 Å². The Morgan fingerprint density at radius 1 is 1.17 bits per heavy atom. The molecule has 0 aliphatic carbocycles. The highest BCUT2D eigenvalue weighted by molar-refractivity contribution is 7.99. The molecular formula is C19H16Cl2N4O3S. The number of esters is 1. The first kappa shape index (κ1) is 21.2. The number of H-pyrrole nitrogens is 1. The molecular weight excluding hydrogens is 435 g/mol. The van der Waals surface area contributed by atoms with Crippen LogP contribution in [0.1, 0.15) is 17.3 Å². The van der Waals surface area contributed by atoms with E-state index in [4.69, 9.17) is 27.9 Å². The first-order chi connectivity index (χ1) is 14.0. The number of ether oxygens (including phenoxy) is 1. The van der Waals surface area contributed by atoms with Crippen molar-refractivity contribution in [2.45, 2.75) is 12.1 Å². The van der Waals surface area contributed by atoms with Gasteiger partial charge in [0.25, 0.3) is 0 Å². The number of hydrogen-bond donors (Lipinski definition) is 2. The molecule has 0 aliphatic heterocycles. The van der Waals surface area contributed by atoms with Crippen molar-refractivity contribution >= 4 is 52.5 Å². The molecule has 7 nitrogen and oxygen atoms in total. The fourth-order valence-electron chi connectivity index (χ4n) is 2.34. The maximum Gasteiger partial charge on any atom is 0.338 e. The summed E-state index contributed by atoms with van der Waals surface area (Å²) < 4.78 is 4.92. The zero-order valence-electron chi connectivity index (χ0n) is 15.2. The van der Waals surface area contributed by atoms with Crippen molar-refractivity contribution in [3.05, 3.63) is 58.1 Å². The summed E-state index contributed by atoms with van der Waals surface area (Å²) in [7, 11) is 0. The molecule has 0 saturated carbocycles. The number of nitrogens with zero attached hydrogens (tertiary/aromatic N) is 2. The molecule has 0 spiro atoms. The van der Waals surface area contributed by atoms with Crippen molar-refractivity contribution in [2.75, 3.05) is 17.7 Å². The van der Waals surface area contributed by atoms with E-state index in [1.54, 1.807) is 49.4 Å². The van der Waals surface area contributed by atoms with Gasteiger partial charge < -0.3 is 10.1 Å². The van der Waals surface area contributed by atoms with Crippen LogP contribution in [0.15, 0.2) is 47.6 Å². The lowest BCUT2D eigenvalue weighted by molar-refractivity contribution is -0.113. The summed E-state index contributed by atoms with van der Waals surface area (Å²) in [5.74, 6) is -0.0216. The molecule has 1 heterocycles. The van der Waals surface area contributed by atoms with Crippen molar-refractivity contribution in [3.8, 4) is 11.4 Å². The Hall–Kier alpha value is -2.55. The first-order valence-corrected chi connectivity index (χ1v) is 10.3. The molecule has 29 heavy (non-hydrogen) atoms. The molecule has 3 aromatic rings. The summed E-state index contributed by atoms with van der Waals surface area (Å²) >= 11 is 13.2. The fraction of sp³-hybridized carbons (Fsp3) is 0.158. The quantitative estimate of drug-likeness (QED) is 0.400. The number of carbonyl (C=O) groups is 2. The van der Waals surface area contributed by atoms with Crippen molar-refractivity contribution < 1.29 is 14.3 Å². The van der Waals surface area contributed by atoms with Crippen LogP contribution in [0.25, 0.3) is 11.4 Å². The predicted octanol–water partition coefficient (Wildman–Crippen LogP) is 4.69. The number of benzene rings is 2. The summed E-state index contributed by atoms with van der Waals surface area (Å²) in [5.41, 5.74) is 1.67. The number of nitrogens with one attached hydrogen (secondary N) is 2. The molecule has 0 bridgehead atoms. The molecule has 0 unspecified atom stereocenters. The number of aromatic nitrogens is 3. The second-order valence-electron chi connectivity index (χ2n) is 5.73. The van der Waals surface area contributed by atoms with Gasteiger partial charge in [0.1, 0.15) is 0 Å². The molecule has 0 saturated heterocycles. The summed E-state index contributed by atoms with van der Waals surface area (Å²) in [6, 6.07) is 11.5. The number of hydrogen-bond acceptors (Lipinski definition) is 6. The van der Waals surface area contributed by atoms with E-state index < -0.39 is 5.97 Å². The molecule has 0 fully saturated rings. The van der Waals surface area contributed by atoms with Gasteiger partial charge in [-0.25, -0.2) is 9.78 Å². The highest BCUT2D eigenvalue weighted by atomic mass is 35.5. The molecule has 0 atom stereocenters. The summed E-state index contributed by atoms with van der Waals surface area (Å²) in [6.45, 7) is 2.05. The van der Waals surface area contributed by atoms with Gasteiger partial charge in [-0.1, -0.05) is 35.0 Å². The van der Waals surface area contributed by atoms with Crippen LogP contribution >= 0.6 is 35.0 Å². The Labute approximate surface area is 181 Å². The maximum atomic E-state index is 12.2. The van der Waals surface area contributed by atoms with Gasteiger partial charge in [-0.05, 0) is 49.4 Å². The third-order valence-corrected chi connectivity index (χ3v) is 5.06. The number of carbonyl (C=O) groups excluding carboxylic acids is 2. The largest absolute Gasteiger partial charge is 0.462 e. The van der Waals surface area contributed by atoms with Crippen molar-refractivity contribution in [3.63, 3.8) is 0 Å². The van der Waals surface area contributed by atoms with Crippen molar-refractivity contribution in [1.29, 1.82) is 0 Å². The number of rotatable bonds is 7. The van der Waals surface area contributed by atoms with Gasteiger partial charge in [-0.2, -0.15) is 0 Å². The van der Waals surface area contributed by atoms with E-state index in [2.05, 4.69) is 20.5 Å². The van der Waals surface area contributed by atoms with Crippen LogP contribution in [0.2, 0.25) is 10.0 Å². The van der Waals surface area contributed by atoms with E-state index in [0.717, 1.165) is 0 Å². The second kappa shape index (κ2) is 9.78. The van der Waals surface area contributed by atoms with Crippen LogP contribution in [-0.2, 0) is 9.53 Å². The van der Waals surface area contributed by atoms with Gasteiger partial charge in [-0.3, -0.25) is 9.89 Å². The molecule has 150 valence electrons. The van der Waals surface area contributed by atoms with Crippen LogP contribution < -0.4 is 5.32 Å². The van der Waals surface area contributed by atoms with Crippen molar-refractivity contribution in [2.24, 2.45) is 0 Å². The van der Waals surface area contributed by atoms with Crippen LogP contribution in [0, 0.1) is 0 Å². The van der Waals surface area contributed by atoms with Gasteiger partial charge in [-0.15, -0.1) is 5.10 Å². The number of halogens is 2. The van der Waals surface area contributed by atoms with Gasteiger partial charge in [0, 0.05) is 16.3 Å². The zero-order valence-corrected chi connectivity index (χ0v) is 17.6. The third-order valence-electron chi connectivity index (χ3n) is 3.66. The normalized spacial score (nSPS) is 10.6. The molecule has 1 amide bonds. The average Bonchev–Trinajstić information content (AvgIpc) is 3.16. The number of thioether (sulfide) groups is 1. The summed E-state index contributed by atoms with van der Waals surface area (Å²) in [4.78, 5) is 28.1. The maximum absolute atomic E-state index is 12.2. The van der Waals surface area contributed by atoms with E-state index in [0.29, 0.717) is 44.4 Å². The standard InChI is InChI=1S/C19H16Cl2N4O3S/c1-2-28-18(27)11-3-6-13(7-4-11)22-16(26)10-29-19-23-17(24-25-19)14-8-5-12(20)9-15(14)21/h3-9H,2,10H2,1H3,(H,22,26)(H,23,24,25). The molecule has 3 rings (SSSR count). The lowest BCUT2D eigenvalue weighted by atomic mass is 10.2. The lowest BCUT2D eigenvalue weighted by Gasteiger charge is -2.06. The SMILES string of the molecule is CCOC(=O)c1ccc(NC(=O)CSc2n[nH]c(-c3ccc(Cl)cc3Cl)n2)cc1. The van der Waals surface area contributed by atoms with Crippen LogP contribution in [0.3, 0.4) is 0 Å². The van der Waals surface area contributed by atoms with Gasteiger partial charge >= 0.3 is 5.97 Å². The molecule has 1 aromatic heterocycles. The Kier molecular flexibility index (Phi) is 7.13. The molecule has 10 heteroatoms. The van der Waals surface area contributed by atoms with Crippen LogP contribution in [-0.4, -0.2) is 39.4 Å². The Morgan fingerprint density at radius 3 is 2.62 bits per heavy atom. The minimum absolute atomic E-state index is 0.116. The summed E-state index contributed by atoms with van der Waals surface area (Å²) in [5, 5.41) is 11.0. The predicted molar refractivity (Wildman–Crippen MR) is 114 cm³/mol. The highest BCUT2D eigenvalue weighted by Crippen LogP contribution is 2.29.